The highest BCUT2D eigenvalue weighted by atomic mass is 35.5. The smallest absolute Gasteiger partial charge is 0.219 e. The van der Waals surface area contributed by atoms with E-state index in [1.165, 1.54) is 29.7 Å². The van der Waals surface area contributed by atoms with Crippen molar-refractivity contribution < 1.29 is 4.79 Å². The van der Waals surface area contributed by atoms with Gasteiger partial charge in [0.25, 0.3) is 0 Å². The lowest BCUT2D eigenvalue weighted by molar-refractivity contribution is -0.130. The number of aryl methyl sites for hydroxylation is 1. The molecule has 2 fully saturated rings. The van der Waals surface area contributed by atoms with Crippen molar-refractivity contribution in [2.75, 3.05) is 32.7 Å². The first kappa shape index (κ1) is 25.2. The van der Waals surface area contributed by atoms with E-state index < -0.39 is 0 Å². The Balaban J connectivity index is 1.23. The molecule has 0 spiro atoms. The number of aromatic nitrogens is 3. The zero-order valence-electron chi connectivity index (χ0n) is 21.4. The van der Waals surface area contributed by atoms with E-state index in [1.807, 2.05) is 23.2 Å². The highest BCUT2D eigenvalue weighted by Gasteiger charge is 2.25. The second kappa shape index (κ2) is 11.3. The number of amides is 1. The number of likely N-dealkylation sites (tertiary alicyclic amines) is 2. The fourth-order valence-corrected chi connectivity index (χ4v) is 5.90. The highest BCUT2D eigenvalue weighted by Crippen LogP contribution is 2.29. The summed E-state index contributed by atoms with van der Waals surface area (Å²) in [5.74, 6) is 1.24. The molecule has 0 aliphatic carbocycles. The molecule has 1 unspecified atom stereocenters. The molecule has 1 amide bonds. The van der Waals surface area contributed by atoms with E-state index in [2.05, 4.69) is 39.9 Å². The minimum absolute atomic E-state index is 0.191. The van der Waals surface area contributed by atoms with E-state index in [1.54, 1.807) is 6.92 Å². The summed E-state index contributed by atoms with van der Waals surface area (Å²) in [5, 5.41) is 9.38. The number of carbonyl (C=O) groups excluding carboxylic acids is 1. The number of piperidine rings is 2. The van der Waals surface area contributed by atoms with Crippen LogP contribution in [0.4, 0.5) is 0 Å². The van der Waals surface area contributed by atoms with Crippen molar-refractivity contribution in [3.8, 4) is 0 Å². The number of rotatable bonds is 7. The lowest BCUT2D eigenvalue weighted by Crippen LogP contribution is -2.39. The van der Waals surface area contributed by atoms with Crippen LogP contribution in [0.1, 0.15) is 61.0 Å². The predicted octanol–water partition coefficient (Wildman–Crippen LogP) is 4.42. The summed E-state index contributed by atoms with van der Waals surface area (Å²) >= 11 is 6.07. The van der Waals surface area contributed by atoms with Crippen LogP contribution in [0.3, 0.4) is 0 Å². The van der Waals surface area contributed by atoms with Crippen LogP contribution < -0.4 is 5.32 Å². The van der Waals surface area contributed by atoms with Crippen molar-refractivity contribution in [3.63, 3.8) is 0 Å². The van der Waals surface area contributed by atoms with Gasteiger partial charge in [0, 0.05) is 62.3 Å². The quantitative estimate of drug-likeness (QED) is 0.512. The molecule has 4 heterocycles. The first-order valence-corrected chi connectivity index (χ1v) is 13.6. The molecule has 7 nitrogen and oxygen atoms in total. The van der Waals surface area contributed by atoms with Crippen LogP contribution in [-0.2, 0) is 17.9 Å². The van der Waals surface area contributed by atoms with Crippen LogP contribution in [0.5, 0.6) is 0 Å². The normalized spacial score (nSPS) is 19.8. The molecule has 0 radical (unpaired) electrons. The first-order valence-electron chi connectivity index (χ1n) is 13.2. The number of halogens is 1. The third-order valence-electron chi connectivity index (χ3n) is 7.88. The van der Waals surface area contributed by atoms with Crippen molar-refractivity contribution in [1.82, 2.24) is 29.7 Å². The minimum atomic E-state index is 0.191. The van der Waals surface area contributed by atoms with Gasteiger partial charge in [0.15, 0.2) is 5.65 Å². The van der Waals surface area contributed by atoms with E-state index in [-0.39, 0.29) is 5.91 Å². The second-order valence-electron chi connectivity index (χ2n) is 10.5. The van der Waals surface area contributed by atoms with E-state index in [4.69, 9.17) is 21.7 Å². The monoisotopic (exact) mass is 508 g/mol. The van der Waals surface area contributed by atoms with Gasteiger partial charge in [-0.05, 0) is 75.4 Å². The van der Waals surface area contributed by atoms with Crippen LogP contribution in [0.25, 0.3) is 5.65 Å². The standard InChI is InChI=1S/C28H37ClN6O/c1-20-26(17-30-16-22-10-14-34(15-11-22)21(2)36)28-31-12-9-27(35(28)32-20)24-4-3-13-33(19-24)18-23-5-7-25(29)8-6-23/h5-9,12,22,24,30H,3-4,10-11,13-19H2,1-2H3. The van der Waals surface area contributed by atoms with Crippen LogP contribution in [0, 0.1) is 12.8 Å². The number of nitrogens with zero attached hydrogens (tertiary/aromatic N) is 5. The average molecular weight is 509 g/mol. The van der Waals surface area contributed by atoms with Crippen molar-refractivity contribution in [2.45, 2.75) is 58.5 Å². The van der Waals surface area contributed by atoms with Gasteiger partial charge < -0.3 is 10.2 Å². The molecular formula is C28H37ClN6O. The summed E-state index contributed by atoms with van der Waals surface area (Å²) < 4.78 is 2.09. The largest absolute Gasteiger partial charge is 0.343 e. The van der Waals surface area contributed by atoms with Gasteiger partial charge in [0.05, 0.1) is 11.4 Å². The number of hydrogen-bond acceptors (Lipinski definition) is 5. The molecule has 8 heteroatoms. The fourth-order valence-electron chi connectivity index (χ4n) is 5.77. The molecule has 5 rings (SSSR count). The van der Waals surface area contributed by atoms with E-state index in [0.29, 0.717) is 11.8 Å². The summed E-state index contributed by atoms with van der Waals surface area (Å²) in [6.07, 6.45) is 6.43. The molecule has 36 heavy (non-hydrogen) atoms. The van der Waals surface area contributed by atoms with Crippen molar-refractivity contribution in [2.24, 2.45) is 5.92 Å². The summed E-state index contributed by atoms with van der Waals surface area (Å²) in [6, 6.07) is 10.3. The Labute approximate surface area is 218 Å². The van der Waals surface area contributed by atoms with Gasteiger partial charge >= 0.3 is 0 Å². The second-order valence-corrected chi connectivity index (χ2v) is 10.9. The molecule has 2 saturated heterocycles. The van der Waals surface area contributed by atoms with Gasteiger partial charge in [-0.1, -0.05) is 23.7 Å². The van der Waals surface area contributed by atoms with Crippen LogP contribution in [0.15, 0.2) is 36.5 Å². The van der Waals surface area contributed by atoms with E-state index in [0.717, 1.165) is 75.0 Å². The maximum absolute atomic E-state index is 11.6. The Morgan fingerprint density at radius 3 is 2.64 bits per heavy atom. The summed E-state index contributed by atoms with van der Waals surface area (Å²) in [6.45, 7) is 10.3. The molecule has 0 bridgehead atoms. The lowest BCUT2D eigenvalue weighted by atomic mass is 9.94. The number of nitrogens with one attached hydrogen (secondary N) is 1. The minimum Gasteiger partial charge on any atom is -0.343 e. The van der Waals surface area contributed by atoms with E-state index in [9.17, 15) is 4.79 Å². The maximum Gasteiger partial charge on any atom is 0.219 e. The van der Waals surface area contributed by atoms with Crippen molar-refractivity contribution >= 4 is 23.2 Å². The number of hydrogen-bond donors (Lipinski definition) is 1. The molecule has 2 aliphatic heterocycles. The van der Waals surface area contributed by atoms with Gasteiger partial charge in [0.2, 0.25) is 5.91 Å². The number of benzene rings is 1. The van der Waals surface area contributed by atoms with Gasteiger partial charge in [0.1, 0.15) is 0 Å². The van der Waals surface area contributed by atoms with Gasteiger partial charge in [-0.15, -0.1) is 0 Å². The van der Waals surface area contributed by atoms with Crippen molar-refractivity contribution in [1.29, 1.82) is 0 Å². The molecule has 1 aromatic carbocycles. The van der Waals surface area contributed by atoms with Crippen LogP contribution in [0.2, 0.25) is 5.02 Å². The number of fused-ring (bicyclic) bond motifs is 1. The molecule has 0 saturated carbocycles. The first-order chi connectivity index (χ1) is 17.5. The van der Waals surface area contributed by atoms with Crippen LogP contribution in [-0.4, -0.2) is 63.0 Å². The Morgan fingerprint density at radius 2 is 1.89 bits per heavy atom. The average Bonchev–Trinajstić information content (AvgIpc) is 3.21. The third-order valence-corrected chi connectivity index (χ3v) is 8.13. The SMILES string of the molecule is CC(=O)N1CCC(CNCc2c(C)nn3c(C4CCCN(Cc5ccc(Cl)cc5)C4)ccnc23)CC1. The zero-order valence-corrected chi connectivity index (χ0v) is 22.2. The predicted molar refractivity (Wildman–Crippen MR) is 143 cm³/mol. The lowest BCUT2D eigenvalue weighted by Gasteiger charge is -2.33. The van der Waals surface area contributed by atoms with Crippen LogP contribution >= 0.6 is 11.6 Å². The topological polar surface area (TPSA) is 65.8 Å². The highest BCUT2D eigenvalue weighted by molar-refractivity contribution is 6.30. The summed E-state index contributed by atoms with van der Waals surface area (Å²) in [4.78, 5) is 20.8. The maximum atomic E-state index is 11.6. The Hall–Kier alpha value is -2.48. The third kappa shape index (κ3) is 5.74. The van der Waals surface area contributed by atoms with Crippen molar-refractivity contribution in [3.05, 3.63) is 64.1 Å². The Bertz CT molecular complexity index is 1180. The molecule has 3 aromatic rings. The van der Waals surface area contributed by atoms with Gasteiger partial charge in [-0.3, -0.25) is 9.69 Å². The summed E-state index contributed by atoms with van der Waals surface area (Å²) in [7, 11) is 0. The van der Waals surface area contributed by atoms with Gasteiger partial charge in [-0.2, -0.15) is 5.10 Å². The zero-order chi connectivity index (χ0) is 25.1. The molecule has 2 aromatic heterocycles. The number of carbonyl (C=O) groups is 1. The Kier molecular flexibility index (Phi) is 7.89. The molecular weight excluding hydrogens is 472 g/mol. The molecule has 1 atom stereocenters. The van der Waals surface area contributed by atoms with E-state index >= 15 is 0 Å². The molecule has 192 valence electrons. The fraction of sp³-hybridized carbons (Fsp3) is 0.536. The molecule has 2 aliphatic rings. The molecule has 1 N–H and O–H groups in total. The van der Waals surface area contributed by atoms with Gasteiger partial charge in [-0.25, -0.2) is 9.50 Å². The summed E-state index contributed by atoms with van der Waals surface area (Å²) in [5.41, 5.74) is 5.76. The Morgan fingerprint density at radius 1 is 1.11 bits per heavy atom.